The Morgan fingerprint density at radius 1 is 1.32 bits per heavy atom. The van der Waals surface area contributed by atoms with Crippen LogP contribution in [0.4, 0.5) is 16.0 Å². The normalized spacial score (nSPS) is 16.6. The SMILES string of the molecule is CCC1(CNc2nc(-c3cc(N)ncc3C)ccc2F)CCOCC1. The monoisotopic (exact) mass is 344 g/mol. The summed E-state index contributed by atoms with van der Waals surface area (Å²) < 4.78 is 19.7. The van der Waals surface area contributed by atoms with Gasteiger partial charge < -0.3 is 15.8 Å². The summed E-state index contributed by atoms with van der Waals surface area (Å²) in [5.41, 5.74) is 8.43. The average molecular weight is 344 g/mol. The molecule has 0 spiro atoms. The fourth-order valence-electron chi connectivity index (χ4n) is 3.26. The first-order valence-electron chi connectivity index (χ1n) is 8.74. The molecule has 1 saturated heterocycles. The standard InChI is InChI=1S/C19H25FN4O/c1-3-19(6-8-25-9-7-19)12-23-18-15(20)4-5-16(24-18)14-10-17(21)22-11-13(14)2/h4-5,10-11H,3,6-9,12H2,1-2H3,(H2,21,22)(H,23,24). The van der Waals surface area contributed by atoms with Gasteiger partial charge in [0, 0.05) is 31.5 Å². The van der Waals surface area contributed by atoms with Crippen molar-refractivity contribution in [1.82, 2.24) is 9.97 Å². The first-order valence-corrected chi connectivity index (χ1v) is 8.74. The number of aromatic nitrogens is 2. The molecule has 3 N–H and O–H groups in total. The highest BCUT2D eigenvalue weighted by atomic mass is 19.1. The molecule has 0 aromatic carbocycles. The highest BCUT2D eigenvalue weighted by Crippen LogP contribution is 2.34. The second-order valence-corrected chi connectivity index (χ2v) is 6.77. The van der Waals surface area contributed by atoms with Crippen LogP contribution in [0.2, 0.25) is 0 Å². The Morgan fingerprint density at radius 3 is 2.80 bits per heavy atom. The van der Waals surface area contributed by atoms with E-state index in [9.17, 15) is 4.39 Å². The van der Waals surface area contributed by atoms with Gasteiger partial charge in [-0.1, -0.05) is 6.92 Å². The molecule has 2 aromatic heterocycles. The number of nitrogens with zero attached hydrogens (tertiary/aromatic N) is 2. The van der Waals surface area contributed by atoms with E-state index in [-0.39, 0.29) is 17.1 Å². The number of rotatable bonds is 5. The Bertz CT molecular complexity index is 744. The molecule has 0 bridgehead atoms. The van der Waals surface area contributed by atoms with Gasteiger partial charge >= 0.3 is 0 Å². The molecule has 0 aliphatic carbocycles. The van der Waals surface area contributed by atoms with Crippen LogP contribution in [0.1, 0.15) is 31.7 Å². The van der Waals surface area contributed by atoms with Crippen molar-refractivity contribution in [2.45, 2.75) is 33.1 Å². The van der Waals surface area contributed by atoms with Crippen LogP contribution in [-0.2, 0) is 4.74 Å². The van der Waals surface area contributed by atoms with Gasteiger partial charge in [0.1, 0.15) is 5.82 Å². The molecule has 0 radical (unpaired) electrons. The van der Waals surface area contributed by atoms with Crippen molar-refractivity contribution in [1.29, 1.82) is 0 Å². The van der Waals surface area contributed by atoms with Crippen molar-refractivity contribution in [2.75, 3.05) is 30.8 Å². The topological polar surface area (TPSA) is 73.1 Å². The number of anilines is 2. The van der Waals surface area contributed by atoms with Crippen LogP contribution in [0.5, 0.6) is 0 Å². The predicted octanol–water partition coefficient (Wildman–Crippen LogP) is 3.79. The van der Waals surface area contributed by atoms with Gasteiger partial charge in [-0.3, -0.25) is 0 Å². The summed E-state index contributed by atoms with van der Waals surface area (Å²) in [4.78, 5) is 8.56. The maximum atomic E-state index is 14.3. The molecule has 0 atom stereocenters. The third-order valence-electron chi connectivity index (χ3n) is 5.18. The fraction of sp³-hybridized carbons (Fsp3) is 0.474. The van der Waals surface area contributed by atoms with Crippen LogP contribution in [0.25, 0.3) is 11.3 Å². The van der Waals surface area contributed by atoms with Crippen LogP contribution in [0.3, 0.4) is 0 Å². The van der Waals surface area contributed by atoms with Gasteiger partial charge in [-0.15, -0.1) is 0 Å². The second-order valence-electron chi connectivity index (χ2n) is 6.77. The number of ether oxygens (including phenoxy) is 1. The summed E-state index contributed by atoms with van der Waals surface area (Å²) >= 11 is 0. The summed E-state index contributed by atoms with van der Waals surface area (Å²) in [6.07, 6.45) is 4.71. The average Bonchev–Trinajstić information content (AvgIpc) is 2.64. The number of hydrogen-bond donors (Lipinski definition) is 2. The molecule has 0 saturated carbocycles. The molecule has 25 heavy (non-hydrogen) atoms. The second kappa shape index (κ2) is 7.35. The van der Waals surface area contributed by atoms with Crippen molar-refractivity contribution < 1.29 is 9.13 Å². The molecule has 0 unspecified atom stereocenters. The molecule has 5 nitrogen and oxygen atoms in total. The molecule has 1 aliphatic heterocycles. The zero-order chi connectivity index (χ0) is 17.9. The van der Waals surface area contributed by atoms with Gasteiger partial charge in [-0.05, 0) is 55.4 Å². The number of halogens is 1. The van der Waals surface area contributed by atoms with Gasteiger partial charge in [0.15, 0.2) is 11.6 Å². The molecule has 1 fully saturated rings. The van der Waals surface area contributed by atoms with Crippen LogP contribution >= 0.6 is 0 Å². The quantitative estimate of drug-likeness (QED) is 0.863. The van der Waals surface area contributed by atoms with Crippen molar-refractivity contribution in [3.8, 4) is 11.3 Å². The number of aryl methyl sites for hydroxylation is 1. The minimum absolute atomic E-state index is 0.138. The van der Waals surface area contributed by atoms with E-state index < -0.39 is 0 Å². The van der Waals surface area contributed by atoms with Gasteiger partial charge in [-0.25, -0.2) is 14.4 Å². The minimum Gasteiger partial charge on any atom is -0.384 e. The van der Waals surface area contributed by atoms with Gasteiger partial charge in [-0.2, -0.15) is 0 Å². The lowest BCUT2D eigenvalue weighted by molar-refractivity contribution is 0.0191. The third kappa shape index (κ3) is 3.90. The zero-order valence-electron chi connectivity index (χ0n) is 14.8. The van der Waals surface area contributed by atoms with Crippen LogP contribution < -0.4 is 11.1 Å². The Balaban J connectivity index is 1.83. The maximum Gasteiger partial charge on any atom is 0.165 e. The third-order valence-corrected chi connectivity index (χ3v) is 5.18. The number of nitrogen functional groups attached to an aromatic ring is 1. The Hall–Kier alpha value is -2.21. The summed E-state index contributed by atoms with van der Waals surface area (Å²) in [5, 5.41) is 3.23. The molecule has 0 amide bonds. The Morgan fingerprint density at radius 2 is 2.08 bits per heavy atom. The molecule has 6 heteroatoms. The van der Waals surface area contributed by atoms with Crippen LogP contribution in [-0.4, -0.2) is 29.7 Å². The smallest absolute Gasteiger partial charge is 0.165 e. The lowest BCUT2D eigenvalue weighted by atomic mass is 9.78. The van der Waals surface area contributed by atoms with Crippen molar-refractivity contribution in [3.05, 3.63) is 35.8 Å². The van der Waals surface area contributed by atoms with Gasteiger partial charge in [0.05, 0.1) is 5.69 Å². The Labute approximate surface area is 147 Å². The first kappa shape index (κ1) is 17.6. The lowest BCUT2D eigenvalue weighted by Crippen LogP contribution is -2.35. The molecular weight excluding hydrogens is 319 g/mol. The number of pyridine rings is 2. The maximum absolute atomic E-state index is 14.3. The van der Waals surface area contributed by atoms with Crippen molar-refractivity contribution >= 4 is 11.6 Å². The van der Waals surface area contributed by atoms with Crippen LogP contribution in [0, 0.1) is 18.2 Å². The molecule has 1 aliphatic rings. The van der Waals surface area contributed by atoms with E-state index in [2.05, 4.69) is 22.2 Å². The lowest BCUT2D eigenvalue weighted by Gasteiger charge is -2.36. The summed E-state index contributed by atoms with van der Waals surface area (Å²) in [6, 6.07) is 4.89. The fourth-order valence-corrected chi connectivity index (χ4v) is 3.26. The molecule has 3 heterocycles. The van der Waals surface area contributed by atoms with E-state index >= 15 is 0 Å². The number of nitrogens with two attached hydrogens (primary N) is 1. The molecular formula is C19H25FN4O. The van der Waals surface area contributed by atoms with Gasteiger partial charge in [0.25, 0.3) is 0 Å². The highest BCUT2D eigenvalue weighted by Gasteiger charge is 2.30. The zero-order valence-corrected chi connectivity index (χ0v) is 14.8. The molecule has 134 valence electrons. The minimum atomic E-state index is -0.346. The van der Waals surface area contributed by atoms with Crippen LogP contribution in [0.15, 0.2) is 24.4 Å². The van der Waals surface area contributed by atoms with Crippen molar-refractivity contribution in [2.24, 2.45) is 5.41 Å². The summed E-state index contributed by atoms with van der Waals surface area (Å²) in [5.74, 6) is 0.363. The van der Waals surface area contributed by atoms with Crippen molar-refractivity contribution in [3.63, 3.8) is 0 Å². The van der Waals surface area contributed by atoms with E-state index in [4.69, 9.17) is 10.5 Å². The number of hydrogen-bond acceptors (Lipinski definition) is 5. The van der Waals surface area contributed by atoms with Gasteiger partial charge in [0.2, 0.25) is 0 Å². The summed E-state index contributed by atoms with van der Waals surface area (Å²) in [7, 11) is 0. The summed E-state index contributed by atoms with van der Waals surface area (Å²) in [6.45, 7) is 6.34. The van der Waals surface area contributed by atoms with E-state index in [1.807, 2.05) is 6.92 Å². The largest absolute Gasteiger partial charge is 0.384 e. The predicted molar refractivity (Wildman–Crippen MR) is 97.8 cm³/mol. The molecule has 3 rings (SSSR count). The van der Waals surface area contributed by atoms with E-state index in [1.54, 1.807) is 18.3 Å². The van der Waals surface area contributed by atoms with E-state index in [0.29, 0.717) is 18.1 Å². The number of nitrogens with one attached hydrogen (secondary N) is 1. The molecule has 2 aromatic rings. The first-order chi connectivity index (χ1) is 12.0. The highest BCUT2D eigenvalue weighted by molar-refractivity contribution is 5.67. The Kier molecular flexibility index (Phi) is 5.18. The van der Waals surface area contributed by atoms with E-state index in [0.717, 1.165) is 43.6 Å². The van der Waals surface area contributed by atoms with E-state index in [1.165, 1.54) is 6.07 Å².